The van der Waals surface area contributed by atoms with Gasteiger partial charge in [0.2, 0.25) is 0 Å². The van der Waals surface area contributed by atoms with Crippen molar-refractivity contribution in [3.05, 3.63) is 193 Å². The average molecular weight is 673 g/mol. The summed E-state index contributed by atoms with van der Waals surface area (Å²) in [7, 11) is 0. The first-order chi connectivity index (χ1) is 26.0. The first-order valence-electron chi connectivity index (χ1n) is 18.7. The molecule has 10 aromatic carbocycles. The number of hydrogen-bond acceptors (Lipinski definition) is 0. The van der Waals surface area contributed by atoms with E-state index in [1.165, 1.54) is 109 Å². The van der Waals surface area contributed by atoms with E-state index in [9.17, 15) is 0 Å². The van der Waals surface area contributed by atoms with Crippen LogP contribution >= 0.6 is 0 Å². The lowest BCUT2D eigenvalue weighted by molar-refractivity contribution is 0.661. The van der Waals surface area contributed by atoms with Gasteiger partial charge in [-0.1, -0.05) is 178 Å². The van der Waals surface area contributed by atoms with Crippen LogP contribution in [0.4, 0.5) is 0 Å². The van der Waals surface area contributed by atoms with E-state index < -0.39 is 0 Å². The highest BCUT2D eigenvalue weighted by Crippen LogP contribution is 2.52. The fourth-order valence-corrected chi connectivity index (χ4v) is 9.48. The Morgan fingerprint density at radius 3 is 1.45 bits per heavy atom. The third-order valence-corrected chi connectivity index (χ3v) is 12.0. The van der Waals surface area contributed by atoms with Crippen LogP contribution in [-0.2, 0) is 5.41 Å². The zero-order valence-electron chi connectivity index (χ0n) is 29.8. The topological polar surface area (TPSA) is 0 Å². The molecule has 0 saturated carbocycles. The van der Waals surface area contributed by atoms with Gasteiger partial charge >= 0.3 is 0 Å². The molecule has 0 aromatic heterocycles. The minimum atomic E-state index is -0.0481. The normalized spacial score (nSPS) is 13.2. The molecule has 0 unspecified atom stereocenters. The first-order valence-corrected chi connectivity index (χ1v) is 18.7. The lowest BCUT2D eigenvalue weighted by Gasteiger charge is -2.21. The molecular formula is C53H36. The summed E-state index contributed by atoms with van der Waals surface area (Å²) in [5, 5.41) is 12.8. The van der Waals surface area contributed by atoms with Gasteiger partial charge in [-0.3, -0.25) is 0 Å². The van der Waals surface area contributed by atoms with Crippen LogP contribution in [0, 0.1) is 0 Å². The lowest BCUT2D eigenvalue weighted by atomic mass is 9.81. The Morgan fingerprint density at radius 2 is 0.755 bits per heavy atom. The maximum atomic E-state index is 2.44. The van der Waals surface area contributed by atoms with Crippen molar-refractivity contribution in [1.82, 2.24) is 0 Å². The van der Waals surface area contributed by atoms with Crippen LogP contribution in [0.25, 0.3) is 98.4 Å². The summed E-state index contributed by atoms with van der Waals surface area (Å²) in [4.78, 5) is 0. The van der Waals surface area contributed by atoms with Gasteiger partial charge in [0, 0.05) is 5.41 Å². The summed E-state index contributed by atoms with van der Waals surface area (Å²) in [5.74, 6) is 0. The second kappa shape index (κ2) is 11.2. The number of rotatable bonds is 3. The van der Waals surface area contributed by atoms with E-state index in [0.717, 1.165) is 0 Å². The molecule has 1 aliphatic rings. The van der Waals surface area contributed by atoms with E-state index in [1.807, 2.05) is 0 Å². The molecule has 53 heavy (non-hydrogen) atoms. The summed E-state index contributed by atoms with van der Waals surface area (Å²) >= 11 is 0. The Morgan fingerprint density at radius 1 is 0.283 bits per heavy atom. The van der Waals surface area contributed by atoms with Crippen molar-refractivity contribution in [1.29, 1.82) is 0 Å². The van der Waals surface area contributed by atoms with Gasteiger partial charge in [-0.05, 0) is 128 Å². The van der Waals surface area contributed by atoms with Crippen LogP contribution in [0.1, 0.15) is 25.0 Å². The van der Waals surface area contributed by atoms with Crippen LogP contribution in [0.3, 0.4) is 0 Å². The Kier molecular flexibility index (Phi) is 6.40. The molecule has 0 bridgehead atoms. The van der Waals surface area contributed by atoms with Gasteiger partial charge in [-0.25, -0.2) is 0 Å². The predicted molar refractivity (Wildman–Crippen MR) is 228 cm³/mol. The van der Waals surface area contributed by atoms with Crippen molar-refractivity contribution in [2.45, 2.75) is 19.3 Å². The molecule has 0 fully saturated rings. The van der Waals surface area contributed by atoms with Crippen molar-refractivity contribution in [2.75, 3.05) is 0 Å². The van der Waals surface area contributed by atoms with Gasteiger partial charge in [0.05, 0.1) is 0 Å². The fourth-order valence-electron chi connectivity index (χ4n) is 9.48. The van der Waals surface area contributed by atoms with Crippen molar-refractivity contribution in [3.63, 3.8) is 0 Å². The van der Waals surface area contributed by atoms with E-state index in [-0.39, 0.29) is 5.41 Å². The molecule has 0 saturated heterocycles. The van der Waals surface area contributed by atoms with Crippen molar-refractivity contribution in [2.24, 2.45) is 0 Å². The van der Waals surface area contributed by atoms with Crippen LogP contribution in [-0.4, -0.2) is 0 Å². The molecule has 0 spiro atoms. The van der Waals surface area contributed by atoms with E-state index in [2.05, 4.69) is 196 Å². The lowest BCUT2D eigenvalue weighted by Crippen LogP contribution is -2.14. The summed E-state index contributed by atoms with van der Waals surface area (Å²) < 4.78 is 0. The van der Waals surface area contributed by atoms with Gasteiger partial charge in [-0.2, -0.15) is 0 Å². The minimum absolute atomic E-state index is 0.0481. The van der Waals surface area contributed by atoms with Crippen LogP contribution < -0.4 is 0 Å². The monoisotopic (exact) mass is 672 g/mol. The molecule has 248 valence electrons. The van der Waals surface area contributed by atoms with Gasteiger partial charge in [-0.15, -0.1) is 0 Å². The Labute approximate surface area is 309 Å². The second-order valence-electron chi connectivity index (χ2n) is 15.2. The molecule has 0 aliphatic heterocycles. The van der Waals surface area contributed by atoms with Gasteiger partial charge in [0.25, 0.3) is 0 Å². The molecule has 10 aromatic rings. The SMILES string of the molecule is CC1(C)c2ccc(-c3cccc(-c4c5ccccc5c(-c5ccc6c(ccc7ccccc76)c5)c5ccccc45)c3)cc2-c2c1ccc1ccccc21. The van der Waals surface area contributed by atoms with Crippen LogP contribution in [0.5, 0.6) is 0 Å². The number of benzene rings is 10. The molecular weight excluding hydrogens is 637 g/mol. The molecule has 0 radical (unpaired) electrons. The molecule has 1 aliphatic carbocycles. The van der Waals surface area contributed by atoms with Gasteiger partial charge in [0.15, 0.2) is 0 Å². The molecule has 0 heterocycles. The summed E-state index contributed by atoms with van der Waals surface area (Å²) in [6.07, 6.45) is 0. The highest BCUT2D eigenvalue weighted by Gasteiger charge is 2.36. The smallest absolute Gasteiger partial charge is 0.0159 e. The van der Waals surface area contributed by atoms with E-state index in [0.29, 0.717) is 0 Å². The molecule has 0 amide bonds. The van der Waals surface area contributed by atoms with Crippen molar-refractivity contribution in [3.8, 4) is 44.5 Å². The summed E-state index contributed by atoms with van der Waals surface area (Å²) in [5.41, 5.74) is 13.0. The third-order valence-electron chi connectivity index (χ3n) is 12.0. The van der Waals surface area contributed by atoms with Gasteiger partial charge < -0.3 is 0 Å². The zero-order chi connectivity index (χ0) is 35.3. The Bertz CT molecular complexity index is 3080. The molecule has 0 N–H and O–H groups in total. The minimum Gasteiger partial charge on any atom is -0.0616 e. The van der Waals surface area contributed by atoms with Gasteiger partial charge in [0.1, 0.15) is 0 Å². The first kappa shape index (κ1) is 30.2. The van der Waals surface area contributed by atoms with Crippen molar-refractivity contribution >= 4 is 53.9 Å². The average Bonchev–Trinajstić information content (AvgIpc) is 3.45. The quantitative estimate of drug-likeness (QED) is 0.129. The van der Waals surface area contributed by atoms with E-state index in [1.54, 1.807) is 0 Å². The van der Waals surface area contributed by atoms with Crippen molar-refractivity contribution < 1.29 is 0 Å². The zero-order valence-corrected chi connectivity index (χ0v) is 29.8. The Hall–Kier alpha value is -6.50. The Balaban J connectivity index is 1.10. The summed E-state index contributed by atoms with van der Waals surface area (Å²) in [6, 6.07) is 68.0. The predicted octanol–water partition coefficient (Wildman–Crippen LogP) is 14.8. The summed E-state index contributed by atoms with van der Waals surface area (Å²) in [6.45, 7) is 4.74. The van der Waals surface area contributed by atoms with Crippen LogP contribution in [0.15, 0.2) is 182 Å². The van der Waals surface area contributed by atoms with E-state index >= 15 is 0 Å². The number of fused-ring (bicyclic) bond motifs is 10. The molecule has 0 atom stereocenters. The highest BCUT2D eigenvalue weighted by atomic mass is 14.4. The standard InChI is InChI=1S/C53H36/c1-53(2)48-28-26-36(32-47(48)52-42-17-6-4-13-34(42)25-29-49(52)53)35-14-11-15-38(30-35)50-43-18-7-9-20-45(43)51(46-21-10-8-19-44(46)50)39-24-27-41-37(31-39)23-22-33-12-3-5-16-40(33)41/h3-32H,1-2H3. The molecule has 11 rings (SSSR count). The highest BCUT2D eigenvalue weighted by molar-refractivity contribution is 6.22. The second-order valence-corrected chi connectivity index (χ2v) is 15.2. The third kappa shape index (κ3) is 4.42. The number of hydrogen-bond donors (Lipinski definition) is 0. The fraction of sp³-hybridized carbons (Fsp3) is 0.0566. The van der Waals surface area contributed by atoms with Crippen LogP contribution in [0.2, 0.25) is 0 Å². The molecule has 0 nitrogen and oxygen atoms in total. The molecule has 0 heteroatoms. The largest absolute Gasteiger partial charge is 0.0616 e. The van der Waals surface area contributed by atoms with E-state index in [4.69, 9.17) is 0 Å². The maximum absolute atomic E-state index is 2.44. The maximum Gasteiger partial charge on any atom is 0.0159 e.